The van der Waals surface area contributed by atoms with Crippen molar-refractivity contribution in [3.05, 3.63) is 73.6 Å². The minimum Gasteiger partial charge on any atom is -0.306 e. The Kier molecular flexibility index (Phi) is 3.14. The molecule has 4 nitrogen and oxygen atoms in total. The Labute approximate surface area is 111 Å². The van der Waals surface area contributed by atoms with E-state index in [0.717, 1.165) is 17.1 Å². The average Bonchev–Trinajstić information content (AvgIpc) is 2.51. The van der Waals surface area contributed by atoms with E-state index in [0.29, 0.717) is 0 Å². The van der Waals surface area contributed by atoms with Gasteiger partial charge in [0.05, 0.1) is 35.7 Å². The topological polar surface area (TPSA) is 41.9 Å². The fourth-order valence-corrected chi connectivity index (χ4v) is 1.91. The first-order valence-electron chi connectivity index (χ1n) is 5.95. The Bertz CT molecular complexity index is 532. The van der Waals surface area contributed by atoms with Crippen LogP contribution < -0.4 is 4.90 Å². The zero-order valence-electron chi connectivity index (χ0n) is 10.2. The molecule has 0 saturated carbocycles. The van der Waals surface area contributed by atoms with Crippen LogP contribution in [-0.4, -0.2) is 15.0 Å². The monoisotopic (exact) mass is 248 g/mol. The van der Waals surface area contributed by atoms with Crippen LogP contribution in [0.1, 0.15) is 0 Å². The van der Waals surface area contributed by atoms with Gasteiger partial charge in [-0.15, -0.1) is 0 Å². The van der Waals surface area contributed by atoms with Crippen molar-refractivity contribution in [3.8, 4) is 0 Å². The maximum Gasteiger partial charge on any atom is 0.0646 e. The van der Waals surface area contributed by atoms with Gasteiger partial charge in [-0.25, -0.2) is 0 Å². The van der Waals surface area contributed by atoms with Crippen LogP contribution in [0.4, 0.5) is 17.1 Å². The van der Waals surface area contributed by atoms with Gasteiger partial charge in [-0.05, 0) is 36.4 Å². The molecule has 0 aliphatic carbocycles. The van der Waals surface area contributed by atoms with Crippen LogP contribution in [0.2, 0.25) is 0 Å². The molecule has 0 radical (unpaired) electrons. The SMILES string of the molecule is c1cncc(N(c2cccnc2)c2cccnc2)c1. The molecule has 0 N–H and O–H groups in total. The Morgan fingerprint density at radius 2 is 0.947 bits per heavy atom. The molecule has 4 heteroatoms. The molecule has 0 aliphatic heterocycles. The summed E-state index contributed by atoms with van der Waals surface area (Å²) in [5.41, 5.74) is 2.93. The number of hydrogen-bond acceptors (Lipinski definition) is 4. The van der Waals surface area contributed by atoms with Gasteiger partial charge in [0, 0.05) is 18.6 Å². The first-order chi connectivity index (χ1) is 9.45. The molecular weight excluding hydrogens is 236 g/mol. The average molecular weight is 248 g/mol. The third-order valence-electron chi connectivity index (χ3n) is 2.71. The number of rotatable bonds is 3. The minimum atomic E-state index is 0.975. The van der Waals surface area contributed by atoms with E-state index >= 15 is 0 Å². The lowest BCUT2D eigenvalue weighted by Crippen LogP contribution is -2.10. The summed E-state index contributed by atoms with van der Waals surface area (Å²) >= 11 is 0. The maximum atomic E-state index is 4.17. The van der Waals surface area contributed by atoms with E-state index in [1.54, 1.807) is 18.6 Å². The number of hydrogen-bond donors (Lipinski definition) is 0. The van der Waals surface area contributed by atoms with Crippen molar-refractivity contribution in [2.45, 2.75) is 0 Å². The Morgan fingerprint density at radius 3 is 1.21 bits per heavy atom. The van der Waals surface area contributed by atoms with Crippen LogP contribution in [0.15, 0.2) is 73.6 Å². The highest BCUT2D eigenvalue weighted by atomic mass is 15.2. The van der Waals surface area contributed by atoms with Crippen LogP contribution in [0.25, 0.3) is 0 Å². The summed E-state index contributed by atoms with van der Waals surface area (Å²) in [4.78, 5) is 14.6. The first kappa shape index (κ1) is 11.3. The van der Waals surface area contributed by atoms with Gasteiger partial charge in [0.25, 0.3) is 0 Å². The van der Waals surface area contributed by atoms with E-state index in [1.807, 2.05) is 55.0 Å². The zero-order chi connectivity index (χ0) is 12.9. The molecular formula is C15H12N4. The lowest BCUT2D eigenvalue weighted by molar-refractivity contribution is 1.18. The molecule has 19 heavy (non-hydrogen) atoms. The predicted octanol–water partition coefficient (Wildman–Crippen LogP) is 3.34. The van der Waals surface area contributed by atoms with Crippen molar-refractivity contribution >= 4 is 17.1 Å². The summed E-state index contributed by atoms with van der Waals surface area (Å²) in [6, 6.07) is 11.8. The highest BCUT2D eigenvalue weighted by molar-refractivity contribution is 5.74. The summed E-state index contributed by atoms with van der Waals surface area (Å²) in [7, 11) is 0. The number of anilines is 3. The van der Waals surface area contributed by atoms with Crippen molar-refractivity contribution < 1.29 is 0 Å². The van der Waals surface area contributed by atoms with E-state index in [4.69, 9.17) is 0 Å². The molecule has 3 heterocycles. The van der Waals surface area contributed by atoms with Gasteiger partial charge >= 0.3 is 0 Å². The summed E-state index contributed by atoms with van der Waals surface area (Å²) in [6.07, 6.45) is 10.7. The molecule has 3 aromatic rings. The minimum absolute atomic E-state index is 0.975. The van der Waals surface area contributed by atoms with Crippen LogP contribution in [0.3, 0.4) is 0 Å². The molecule has 0 saturated heterocycles. The normalized spacial score (nSPS) is 10.1. The lowest BCUT2D eigenvalue weighted by Gasteiger charge is -2.23. The molecule has 3 aromatic heterocycles. The molecule has 0 spiro atoms. The van der Waals surface area contributed by atoms with Crippen molar-refractivity contribution in [2.24, 2.45) is 0 Å². The van der Waals surface area contributed by atoms with E-state index in [-0.39, 0.29) is 0 Å². The van der Waals surface area contributed by atoms with Gasteiger partial charge in [-0.2, -0.15) is 0 Å². The van der Waals surface area contributed by atoms with E-state index < -0.39 is 0 Å². The molecule has 92 valence electrons. The fourth-order valence-electron chi connectivity index (χ4n) is 1.91. The second-order valence-corrected chi connectivity index (χ2v) is 3.97. The van der Waals surface area contributed by atoms with Crippen molar-refractivity contribution in [1.29, 1.82) is 0 Å². The van der Waals surface area contributed by atoms with Crippen molar-refractivity contribution in [3.63, 3.8) is 0 Å². The largest absolute Gasteiger partial charge is 0.306 e. The van der Waals surface area contributed by atoms with Gasteiger partial charge in [0.1, 0.15) is 0 Å². The Morgan fingerprint density at radius 1 is 0.579 bits per heavy atom. The summed E-state index contributed by atoms with van der Waals surface area (Å²) < 4.78 is 0. The standard InChI is InChI=1S/C15H12N4/c1-4-13(10-16-7-1)19(14-5-2-8-17-11-14)15-6-3-9-18-12-15/h1-12H. The van der Waals surface area contributed by atoms with Crippen LogP contribution in [-0.2, 0) is 0 Å². The summed E-state index contributed by atoms with van der Waals surface area (Å²) in [5, 5.41) is 0. The van der Waals surface area contributed by atoms with Gasteiger partial charge in [-0.1, -0.05) is 0 Å². The summed E-state index contributed by atoms with van der Waals surface area (Å²) in [6.45, 7) is 0. The smallest absolute Gasteiger partial charge is 0.0646 e. The molecule has 0 fully saturated rings. The van der Waals surface area contributed by atoms with Gasteiger partial charge in [0.15, 0.2) is 0 Å². The van der Waals surface area contributed by atoms with Crippen LogP contribution in [0, 0.1) is 0 Å². The highest BCUT2D eigenvalue weighted by Gasteiger charge is 2.11. The number of nitrogens with zero attached hydrogens (tertiary/aromatic N) is 4. The van der Waals surface area contributed by atoms with Gasteiger partial charge in [-0.3, -0.25) is 15.0 Å². The van der Waals surface area contributed by atoms with E-state index in [2.05, 4.69) is 19.9 Å². The number of pyridine rings is 3. The Balaban J connectivity index is 2.12. The number of aromatic nitrogens is 3. The predicted molar refractivity (Wildman–Crippen MR) is 74.5 cm³/mol. The molecule has 0 amide bonds. The van der Waals surface area contributed by atoms with Gasteiger partial charge < -0.3 is 4.90 Å². The zero-order valence-corrected chi connectivity index (χ0v) is 10.2. The third kappa shape index (κ3) is 2.42. The molecule has 0 bridgehead atoms. The second kappa shape index (κ2) is 5.27. The quantitative estimate of drug-likeness (QED) is 0.713. The summed E-state index contributed by atoms with van der Waals surface area (Å²) in [5.74, 6) is 0. The first-order valence-corrected chi connectivity index (χ1v) is 5.95. The maximum absolute atomic E-state index is 4.17. The third-order valence-corrected chi connectivity index (χ3v) is 2.71. The molecule has 0 aliphatic rings. The second-order valence-electron chi connectivity index (χ2n) is 3.97. The molecule has 0 unspecified atom stereocenters. The van der Waals surface area contributed by atoms with E-state index in [1.165, 1.54) is 0 Å². The molecule has 0 aromatic carbocycles. The highest BCUT2D eigenvalue weighted by Crippen LogP contribution is 2.32. The van der Waals surface area contributed by atoms with Crippen LogP contribution in [0.5, 0.6) is 0 Å². The fraction of sp³-hybridized carbons (Fsp3) is 0. The van der Waals surface area contributed by atoms with E-state index in [9.17, 15) is 0 Å². The van der Waals surface area contributed by atoms with Gasteiger partial charge in [0.2, 0.25) is 0 Å². The lowest BCUT2D eigenvalue weighted by atomic mass is 10.2. The van der Waals surface area contributed by atoms with Crippen LogP contribution >= 0.6 is 0 Å². The molecule has 0 atom stereocenters. The van der Waals surface area contributed by atoms with Crippen molar-refractivity contribution in [2.75, 3.05) is 4.90 Å². The molecule has 3 rings (SSSR count). The van der Waals surface area contributed by atoms with Crippen molar-refractivity contribution in [1.82, 2.24) is 15.0 Å². The Hall–Kier alpha value is -2.75.